The van der Waals surface area contributed by atoms with Crippen molar-refractivity contribution in [1.82, 2.24) is 15.1 Å². The van der Waals surface area contributed by atoms with Crippen LogP contribution in [-0.2, 0) is 0 Å². The van der Waals surface area contributed by atoms with Crippen molar-refractivity contribution >= 4 is 0 Å². The fourth-order valence-corrected chi connectivity index (χ4v) is 4.00. The zero-order valence-electron chi connectivity index (χ0n) is 14.1. The van der Waals surface area contributed by atoms with Crippen LogP contribution >= 0.6 is 0 Å². The second-order valence-electron chi connectivity index (χ2n) is 6.80. The minimum atomic E-state index is -0.272. The van der Waals surface area contributed by atoms with E-state index in [1.54, 1.807) is 0 Å². The molecule has 1 aliphatic heterocycles. The van der Waals surface area contributed by atoms with Crippen LogP contribution in [0.1, 0.15) is 52.9 Å². The van der Waals surface area contributed by atoms with Crippen LogP contribution in [0.3, 0.4) is 0 Å². The molecule has 21 heavy (non-hydrogen) atoms. The smallest absolute Gasteiger partial charge is 0.108 e. The number of rotatable bonds is 5. The van der Waals surface area contributed by atoms with Crippen molar-refractivity contribution in [3.05, 3.63) is 0 Å². The molecule has 0 bridgehead atoms. The summed E-state index contributed by atoms with van der Waals surface area (Å²) in [5, 5.41) is 13.1. The topological polar surface area (TPSA) is 42.3 Å². The number of nitrogens with zero attached hydrogens (tertiary/aromatic N) is 3. The first-order chi connectivity index (χ1) is 10.1. The largest absolute Gasteiger partial charge is 0.300 e. The Balaban J connectivity index is 1.90. The maximum absolute atomic E-state index is 9.60. The molecule has 120 valence electrons. The molecule has 1 saturated heterocycles. The molecule has 1 heterocycles. The van der Waals surface area contributed by atoms with Gasteiger partial charge >= 0.3 is 0 Å². The zero-order chi connectivity index (χ0) is 15.3. The quantitative estimate of drug-likeness (QED) is 0.844. The van der Waals surface area contributed by atoms with Crippen LogP contribution in [-0.4, -0.2) is 60.1 Å². The SMILES string of the molecule is CCNC1(C#N)CCCC(N2CCN(C(C)CC)CC2)C1. The maximum Gasteiger partial charge on any atom is 0.108 e. The van der Waals surface area contributed by atoms with Gasteiger partial charge in [-0.3, -0.25) is 15.1 Å². The molecule has 0 amide bonds. The first kappa shape index (κ1) is 16.7. The van der Waals surface area contributed by atoms with E-state index in [1.807, 2.05) is 0 Å². The molecule has 0 spiro atoms. The lowest BCUT2D eigenvalue weighted by molar-refractivity contribution is 0.0474. The fraction of sp³-hybridized carbons (Fsp3) is 0.941. The van der Waals surface area contributed by atoms with E-state index in [9.17, 15) is 5.26 Å². The fourth-order valence-electron chi connectivity index (χ4n) is 4.00. The van der Waals surface area contributed by atoms with Gasteiger partial charge in [0.15, 0.2) is 0 Å². The summed E-state index contributed by atoms with van der Waals surface area (Å²) in [7, 11) is 0. The van der Waals surface area contributed by atoms with Crippen molar-refractivity contribution in [3.63, 3.8) is 0 Å². The Bertz CT molecular complexity index is 352. The Morgan fingerprint density at radius 1 is 1.29 bits per heavy atom. The second kappa shape index (κ2) is 7.58. The van der Waals surface area contributed by atoms with Gasteiger partial charge in [0.1, 0.15) is 5.54 Å². The van der Waals surface area contributed by atoms with E-state index < -0.39 is 0 Å². The Kier molecular flexibility index (Phi) is 6.04. The third-order valence-electron chi connectivity index (χ3n) is 5.53. The van der Waals surface area contributed by atoms with Crippen molar-refractivity contribution in [1.29, 1.82) is 5.26 Å². The number of piperazine rings is 1. The molecule has 0 aromatic rings. The average molecular weight is 292 g/mol. The van der Waals surface area contributed by atoms with E-state index in [0.717, 1.165) is 19.4 Å². The van der Waals surface area contributed by atoms with Gasteiger partial charge in [0.05, 0.1) is 6.07 Å². The molecule has 1 saturated carbocycles. The van der Waals surface area contributed by atoms with Crippen molar-refractivity contribution in [2.24, 2.45) is 0 Å². The van der Waals surface area contributed by atoms with E-state index in [1.165, 1.54) is 45.4 Å². The number of nitriles is 1. The van der Waals surface area contributed by atoms with Crippen LogP contribution in [0.15, 0.2) is 0 Å². The summed E-state index contributed by atoms with van der Waals surface area (Å²) in [6.45, 7) is 12.3. The predicted octanol–water partition coefficient (Wildman–Crippen LogP) is 2.22. The molecule has 3 atom stereocenters. The molecule has 0 radical (unpaired) electrons. The first-order valence-electron chi connectivity index (χ1n) is 8.78. The van der Waals surface area contributed by atoms with Gasteiger partial charge in [-0.25, -0.2) is 0 Å². The molecule has 2 aliphatic rings. The average Bonchev–Trinajstić information content (AvgIpc) is 2.55. The monoisotopic (exact) mass is 292 g/mol. The maximum atomic E-state index is 9.60. The van der Waals surface area contributed by atoms with Gasteiger partial charge in [-0.05, 0) is 45.6 Å². The first-order valence-corrected chi connectivity index (χ1v) is 8.78. The molecule has 2 fully saturated rings. The van der Waals surface area contributed by atoms with Gasteiger partial charge in [-0.15, -0.1) is 0 Å². The minimum Gasteiger partial charge on any atom is -0.300 e. The Morgan fingerprint density at radius 2 is 2.00 bits per heavy atom. The number of hydrogen-bond acceptors (Lipinski definition) is 4. The molecule has 1 N–H and O–H groups in total. The summed E-state index contributed by atoms with van der Waals surface area (Å²) in [5.74, 6) is 0. The highest BCUT2D eigenvalue weighted by molar-refractivity contribution is 5.11. The van der Waals surface area contributed by atoms with Crippen LogP contribution in [0, 0.1) is 11.3 Å². The predicted molar refractivity (Wildman–Crippen MR) is 87.2 cm³/mol. The summed E-state index contributed by atoms with van der Waals surface area (Å²) in [5.41, 5.74) is -0.272. The highest BCUT2D eigenvalue weighted by atomic mass is 15.3. The molecule has 4 nitrogen and oxygen atoms in total. The lowest BCUT2D eigenvalue weighted by Gasteiger charge is -2.45. The van der Waals surface area contributed by atoms with E-state index in [-0.39, 0.29) is 5.54 Å². The van der Waals surface area contributed by atoms with Crippen molar-refractivity contribution in [2.45, 2.75) is 70.5 Å². The van der Waals surface area contributed by atoms with Gasteiger partial charge in [0.25, 0.3) is 0 Å². The Morgan fingerprint density at radius 3 is 2.57 bits per heavy atom. The van der Waals surface area contributed by atoms with Crippen LogP contribution in [0.4, 0.5) is 0 Å². The summed E-state index contributed by atoms with van der Waals surface area (Å²) < 4.78 is 0. The molecular formula is C17H32N4. The summed E-state index contributed by atoms with van der Waals surface area (Å²) in [4.78, 5) is 5.25. The minimum absolute atomic E-state index is 0.272. The van der Waals surface area contributed by atoms with Gasteiger partial charge < -0.3 is 0 Å². The Hall–Kier alpha value is -0.630. The highest BCUT2D eigenvalue weighted by Gasteiger charge is 2.38. The lowest BCUT2D eigenvalue weighted by Crippen LogP contribution is -2.57. The Labute approximate surface area is 130 Å². The van der Waals surface area contributed by atoms with Gasteiger partial charge in [-0.1, -0.05) is 13.8 Å². The third-order valence-corrected chi connectivity index (χ3v) is 5.53. The molecule has 2 rings (SSSR count). The van der Waals surface area contributed by atoms with Gasteiger partial charge in [-0.2, -0.15) is 5.26 Å². The summed E-state index contributed by atoms with van der Waals surface area (Å²) >= 11 is 0. The van der Waals surface area contributed by atoms with Crippen molar-refractivity contribution in [3.8, 4) is 6.07 Å². The lowest BCUT2D eigenvalue weighted by atomic mass is 9.79. The van der Waals surface area contributed by atoms with Crippen LogP contribution in [0.25, 0.3) is 0 Å². The molecular weight excluding hydrogens is 260 g/mol. The summed E-state index contributed by atoms with van der Waals surface area (Å²) in [6, 6.07) is 3.88. The van der Waals surface area contributed by atoms with E-state index >= 15 is 0 Å². The molecule has 1 aliphatic carbocycles. The standard InChI is InChI=1S/C17H32N4/c1-4-15(3)20-9-11-21(12-10-20)16-7-6-8-17(13-16,14-18)19-5-2/h15-16,19H,4-13H2,1-3H3. The normalized spacial score (nSPS) is 33.5. The summed E-state index contributed by atoms with van der Waals surface area (Å²) in [6.07, 6.45) is 5.69. The van der Waals surface area contributed by atoms with E-state index in [0.29, 0.717) is 12.1 Å². The van der Waals surface area contributed by atoms with Gasteiger partial charge in [0, 0.05) is 38.3 Å². The molecule has 4 heteroatoms. The van der Waals surface area contributed by atoms with Crippen LogP contribution in [0.2, 0.25) is 0 Å². The number of nitrogens with one attached hydrogen (secondary N) is 1. The third kappa shape index (κ3) is 3.97. The zero-order valence-corrected chi connectivity index (χ0v) is 14.1. The highest BCUT2D eigenvalue weighted by Crippen LogP contribution is 2.31. The number of hydrogen-bond donors (Lipinski definition) is 1. The molecule has 0 aromatic heterocycles. The van der Waals surface area contributed by atoms with Gasteiger partial charge in [0.2, 0.25) is 0 Å². The van der Waals surface area contributed by atoms with Crippen LogP contribution in [0.5, 0.6) is 0 Å². The van der Waals surface area contributed by atoms with E-state index in [4.69, 9.17) is 0 Å². The van der Waals surface area contributed by atoms with Crippen molar-refractivity contribution < 1.29 is 0 Å². The van der Waals surface area contributed by atoms with Crippen molar-refractivity contribution in [2.75, 3.05) is 32.7 Å². The van der Waals surface area contributed by atoms with E-state index in [2.05, 4.69) is 42.0 Å². The second-order valence-corrected chi connectivity index (χ2v) is 6.80. The molecule has 0 aromatic carbocycles. The van der Waals surface area contributed by atoms with Crippen LogP contribution < -0.4 is 5.32 Å². The molecule has 3 unspecified atom stereocenters.